The number of nitrogens with zero attached hydrogens (tertiary/aromatic N) is 6. The summed E-state index contributed by atoms with van der Waals surface area (Å²) in [5.41, 5.74) is 10.4. The summed E-state index contributed by atoms with van der Waals surface area (Å²) < 4.78 is 13.5. The molecule has 2 aromatic heterocycles. The van der Waals surface area contributed by atoms with Crippen LogP contribution in [0.5, 0.6) is 11.6 Å². The molecule has 2 unspecified atom stereocenters. The summed E-state index contributed by atoms with van der Waals surface area (Å²) in [4.78, 5) is 13.9. The highest BCUT2D eigenvalue weighted by Crippen LogP contribution is 2.35. The number of nitrogens with two attached hydrogens (primary N) is 1. The second-order valence-corrected chi connectivity index (χ2v) is 10.2. The van der Waals surface area contributed by atoms with Gasteiger partial charge < -0.3 is 25.0 Å². The molecule has 0 aliphatic carbocycles. The van der Waals surface area contributed by atoms with E-state index in [0.717, 1.165) is 43.9 Å². The summed E-state index contributed by atoms with van der Waals surface area (Å²) >= 11 is 0. The lowest BCUT2D eigenvalue weighted by Gasteiger charge is -2.27. The van der Waals surface area contributed by atoms with E-state index in [0.29, 0.717) is 23.7 Å². The van der Waals surface area contributed by atoms with Crippen molar-refractivity contribution in [1.29, 1.82) is 0 Å². The van der Waals surface area contributed by atoms with Gasteiger partial charge in [-0.15, -0.1) is 0 Å². The van der Waals surface area contributed by atoms with Crippen LogP contribution in [0.1, 0.15) is 57.2 Å². The standard InChI is InChI=1S/C27H37N7O2/c1-18-6-5-9-33(18)23-13-20(19(2)32(3)4)12-21(14-23)25-16-29-26(28)27(31-25)36-24-15-30-34(17-24)22-7-10-35-11-8-22/h12-19,22H,5-11H2,1-4H3,(H2,28,29). The van der Waals surface area contributed by atoms with Crippen LogP contribution in [0.2, 0.25) is 0 Å². The number of anilines is 2. The molecular weight excluding hydrogens is 454 g/mol. The highest BCUT2D eigenvalue weighted by Gasteiger charge is 2.23. The van der Waals surface area contributed by atoms with Gasteiger partial charge in [0.25, 0.3) is 5.88 Å². The first-order chi connectivity index (χ1) is 17.4. The Morgan fingerprint density at radius 2 is 1.94 bits per heavy atom. The molecule has 36 heavy (non-hydrogen) atoms. The van der Waals surface area contributed by atoms with Gasteiger partial charge in [0.1, 0.15) is 0 Å². The third-order valence-electron chi connectivity index (χ3n) is 7.50. The van der Waals surface area contributed by atoms with E-state index in [1.54, 1.807) is 12.4 Å². The van der Waals surface area contributed by atoms with Crippen LogP contribution in [-0.4, -0.2) is 64.5 Å². The largest absolute Gasteiger partial charge is 0.433 e. The highest BCUT2D eigenvalue weighted by molar-refractivity contribution is 5.69. The van der Waals surface area contributed by atoms with Crippen molar-refractivity contribution < 1.29 is 9.47 Å². The minimum atomic E-state index is 0.253. The first kappa shape index (κ1) is 24.5. The van der Waals surface area contributed by atoms with Crippen molar-refractivity contribution in [2.24, 2.45) is 0 Å². The molecule has 192 valence electrons. The topological polar surface area (TPSA) is 94.6 Å². The van der Waals surface area contributed by atoms with E-state index in [2.05, 4.69) is 66.0 Å². The predicted molar refractivity (Wildman–Crippen MR) is 141 cm³/mol. The molecule has 2 N–H and O–H groups in total. The summed E-state index contributed by atoms with van der Waals surface area (Å²) in [7, 11) is 4.20. The molecule has 2 aliphatic rings. The zero-order valence-corrected chi connectivity index (χ0v) is 21.7. The van der Waals surface area contributed by atoms with Crippen molar-refractivity contribution in [1.82, 2.24) is 24.6 Å². The Morgan fingerprint density at radius 1 is 1.14 bits per heavy atom. The average Bonchev–Trinajstić information content (AvgIpc) is 3.54. The average molecular weight is 492 g/mol. The van der Waals surface area contributed by atoms with Crippen LogP contribution in [-0.2, 0) is 4.74 Å². The maximum Gasteiger partial charge on any atom is 0.263 e. The SMILES string of the molecule is CC(c1cc(-c2cnc(N)c(Oc3cnn(C4CCOCC4)c3)n2)cc(N2CCCC2C)c1)N(C)C. The molecule has 0 bridgehead atoms. The van der Waals surface area contributed by atoms with Crippen LogP contribution in [0.4, 0.5) is 11.5 Å². The van der Waals surface area contributed by atoms with Crippen LogP contribution < -0.4 is 15.4 Å². The number of ether oxygens (including phenoxy) is 2. The monoisotopic (exact) mass is 491 g/mol. The summed E-state index contributed by atoms with van der Waals surface area (Å²) in [5, 5.41) is 4.49. The molecule has 2 saturated heterocycles. The van der Waals surface area contributed by atoms with E-state index in [9.17, 15) is 0 Å². The number of benzene rings is 1. The van der Waals surface area contributed by atoms with Crippen molar-refractivity contribution in [3.63, 3.8) is 0 Å². The first-order valence-electron chi connectivity index (χ1n) is 12.9. The van der Waals surface area contributed by atoms with E-state index in [1.807, 2.05) is 10.9 Å². The molecule has 0 amide bonds. The number of nitrogen functional groups attached to an aromatic ring is 1. The van der Waals surface area contributed by atoms with Crippen LogP contribution in [0.25, 0.3) is 11.3 Å². The smallest absolute Gasteiger partial charge is 0.263 e. The Balaban J connectivity index is 1.45. The molecule has 2 fully saturated rings. The Kier molecular flexibility index (Phi) is 7.11. The molecule has 1 aromatic carbocycles. The second kappa shape index (κ2) is 10.4. The molecule has 2 aliphatic heterocycles. The normalized spacial score (nSPS) is 19.7. The quantitative estimate of drug-likeness (QED) is 0.509. The minimum Gasteiger partial charge on any atom is -0.433 e. The fourth-order valence-electron chi connectivity index (χ4n) is 5.03. The van der Waals surface area contributed by atoms with Crippen molar-refractivity contribution in [2.45, 2.75) is 57.7 Å². The van der Waals surface area contributed by atoms with E-state index in [1.165, 1.54) is 24.1 Å². The van der Waals surface area contributed by atoms with Gasteiger partial charge >= 0.3 is 0 Å². The van der Waals surface area contributed by atoms with Crippen LogP contribution in [0, 0.1) is 0 Å². The summed E-state index contributed by atoms with van der Waals surface area (Å²) in [6.45, 7) is 7.09. The van der Waals surface area contributed by atoms with Gasteiger partial charge in [-0.05, 0) is 77.4 Å². The van der Waals surface area contributed by atoms with Gasteiger partial charge in [-0.3, -0.25) is 4.68 Å². The second-order valence-electron chi connectivity index (χ2n) is 10.2. The van der Waals surface area contributed by atoms with Gasteiger partial charge in [-0.1, -0.05) is 0 Å². The van der Waals surface area contributed by atoms with Crippen molar-refractivity contribution in [3.8, 4) is 22.9 Å². The molecule has 2 atom stereocenters. The maximum atomic E-state index is 6.17. The fourth-order valence-corrected chi connectivity index (χ4v) is 5.03. The summed E-state index contributed by atoms with van der Waals surface area (Å²) in [6, 6.07) is 7.81. The zero-order valence-electron chi connectivity index (χ0n) is 21.7. The predicted octanol–water partition coefficient (Wildman–Crippen LogP) is 4.68. The molecule has 0 saturated carbocycles. The van der Waals surface area contributed by atoms with E-state index < -0.39 is 0 Å². The maximum absolute atomic E-state index is 6.17. The van der Waals surface area contributed by atoms with Crippen LogP contribution >= 0.6 is 0 Å². The molecular formula is C27H37N7O2. The Morgan fingerprint density at radius 3 is 2.67 bits per heavy atom. The summed E-state index contributed by atoms with van der Waals surface area (Å²) in [5.74, 6) is 1.14. The van der Waals surface area contributed by atoms with Gasteiger partial charge in [0.05, 0.1) is 30.3 Å². The molecule has 4 heterocycles. The number of rotatable bonds is 7. The third-order valence-corrected chi connectivity index (χ3v) is 7.50. The third kappa shape index (κ3) is 5.17. The molecule has 9 nitrogen and oxygen atoms in total. The first-order valence-corrected chi connectivity index (χ1v) is 12.9. The minimum absolute atomic E-state index is 0.253. The van der Waals surface area contributed by atoms with Crippen LogP contribution in [0.3, 0.4) is 0 Å². The van der Waals surface area contributed by atoms with Gasteiger partial charge in [-0.2, -0.15) is 5.10 Å². The number of hydrogen-bond acceptors (Lipinski definition) is 8. The Hall–Kier alpha value is -3.17. The molecule has 0 radical (unpaired) electrons. The Labute approximate surface area is 213 Å². The molecule has 5 rings (SSSR count). The number of hydrogen-bond donors (Lipinski definition) is 1. The molecule has 9 heteroatoms. The lowest BCUT2D eigenvalue weighted by atomic mass is 10.0. The van der Waals surface area contributed by atoms with Crippen LogP contribution in [0.15, 0.2) is 36.8 Å². The highest BCUT2D eigenvalue weighted by atomic mass is 16.5. The van der Waals surface area contributed by atoms with Gasteiger partial charge in [-0.25, -0.2) is 9.97 Å². The van der Waals surface area contributed by atoms with Crippen molar-refractivity contribution in [2.75, 3.05) is 44.5 Å². The van der Waals surface area contributed by atoms with Crippen molar-refractivity contribution in [3.05, 3.63) is 42.4 Å². The lowest BCUT2D eigenvalue weighted by Crippen LogP contribution is -2.26. The summed E-state index contributed by atoms with van der Waals surface area (Å²) in [6.07, 6.45) is 9.64. The van der Waals surface area contributed by atoms with Crippen molar-refractivity contribution >= 4 is 11.5 Å². The van der Waals surface area contributed by atoms with Gasteiger partial charge in [0, 0.05) is 43.1 Å². The van der Waals surface area contributed by atoms with E-state index >= 15 is 0 Å². The molecule has 3 aromatic rings. The van der Waals surface area contributed by atoms with E-state index in [4.69, 9.17) is 20.2 Å². The Bertz CT molecular complexity index is 1190. The van der Waals surface area contributed by atoms with E-state index in [-0.39, 0.29) is 11.9 Å². The zero-order chi connectivity index (χ0) is 25.2. The fraction of sp³-hybridized carbons (Fsp3) is 0.519. The van der Waals surface area contributed by atoms with Gasteiger partial charge in [0.15, 0.2) is 11.6 Å². The molecule has 0 spiro atoms. The number of aromatic nitrogens is 4. The lowest BCUT2D eigenvalue weighted by molar-refractivity contribution is 0.0662. The van der Waals surface area contributed by atoms with Gasteiger partial charge in [0.2, 0.25) is 0 Å².